The molecule has 3 rings (SSSR count). The summed E-state index contributed by atoms with van der Waals surface area (Å²) in [6, 6.07) is 11.5. The molecule has 26 heavy (non-hydrogen) atoms. The van der Waals surface area contributed by atoms with Crippen LogP contribution in [0.3, 0.4) is 0 Å². The lowest BCUT2D eigenvalue weighted by Gasteiger charge is -2.15. The van der Waals surface area contributed by atoms with Gasteiger partial charge in [0.1, 0.15) is 5.75 Å². The lowest BCUT2D eigenvalue weighted by atomic mass is 10.2. The van der Waals surface area contributed by atoms with E-state index in [4.69, 9.17) is 14.2 Å². The molecule has 6 heteroatoms. The predicted octanol–water partition coefficient (Wildman–Crippen LogP) is 4.28. The molecular formula is C20H23NO4S. The van der Waals surface area contributed by atoms with Crippen molar-refractivity contribution in [3.05, 3.63) is 42.0 Å². The van der Waals surface area contributed by atoms with Crippen molar-refractivity contribution in [2.75, 3.05) is 25.6 Å². The van der Waals surface area contributed by atoms with Crippen LogP contribution in [0.15, 0.2) is 41.3 Å². The molecule has 138 valence electrons. The maximum atomic E-state index is 12.6. The fourth-order valence-corrected chi connectivity index (χ4v) is 3.52. The summed E-state index contributed by atoms with van der Waals surface area (Å²) in [5.74, 6) is 2.07. The molecule has 0 radical (unpaired) electrons. The number of ether oxygens (including phenoxy) is 3. The number of carbonyl (C=O) groups excluding carboxylic acids is 1. The molecule has 0 spiro atoms. The maximum absolute atomic E-state index is 12.6. The quantitative estimate of drug-likeness (QED) is 0.793. The van der Waals surface area contributed by atoms with Crippen LogP contribution in [-0.4, -0.2) is 31.5 Å². The van der Waals surface area contributed by atoms with Crippen LogP contribution < -0.4 is 19.5 Å². The average molecular weight is 373 g/mol. The van der Waals surface area contributed by atoms with E-state index >= 15 is 0 Å². The summed E-state index contributed by atoms with van der Waals surface area (Å²) < 4.78 is 16.7. The molecule has 2 aromatic rings. The highest BCUT2D eigenvalue weighted by Crippen LogP contribution is 2.35. The third kappa shape index (κ3) is 4.43. The molecule has 5 nitrogen and oxygen atoms in total. The summed E-state index contributed by atoms with van der Waals surface area (Å²) >= 11 is 1.48. The number of benzene rings is 2. The zero-order valence-electron chi connectivity index (χ0n) is 15.2. The van der Waals surface area contributed by atoms with E-state index in [1.54, 1.807) is 7.11 Å². The van der Waals surface area contributed by atoms with E-state index in [2.05, 4.69) is 5.32 Å². The highest BCUT2D eigenvalue weighted by Gasteiger charge is 2.18. The first-order valence-electron chi connectivity index (χ1n) is 8.58. The molecule has 1 aliphatic heterocycles. The van der Waals surface area contributed by atoms with Crippen molar-refractivity contribution in [3.8, 4) is 17.2 Å². The zero-order valence-corrected chi connectivity index (χ0v) is 16.0. The minimum absolute atomic E-state index is 0.0778. The van der Waals surface area contributed by atoms with Gasteiger partial charge in [0, 0.05) is 11.3 Å². The lowest BCUT2D eigenvalue weighted by molar-refractivity contribution is -0.115. The van der Waals surface area contributed by atoms with Crippen molar-refractivity contribution >= 4 is 23.4 Å². The number of aryl methyl sites for hydroxylation is 1. The fourth-order valence-electron chi connectivity index (χ4n) is 2.63. The van der Waals surface area contributed by atoms with Crippen molar-refractivity contribution in [2.24, 2.45) is 0 Å². The molecule has 1 atom stereocenters. The Morgan fingerprint density at radius 2 is 1.92 bits per heavy atom. The van der Waals surface area contributed by atoms with Gasteiger partial charge in [-0.05, 0) is 49.7 Å². The molecule has 0 bridgehead atoms. The molecule has 0 fully saturated rings. The summed E-state index contributed by atoms with van der Waals surface area (Å²) in [6.45, 7) is 5.16. The Kier molecular flexibility index (Phi) is 5.93. The van der Waals surface area contributed by atoms with Crippen LogP contribution in [0.2, 0.25) is 0 Å². The largest absolute Gasteiger partial charge is 0.495 e. The van der Waals surface area contributed by atoms with Gasteiger partial charge in [-0.25, -0.2) is 0 Å². The molecule has 0 aliphatic carbocycles. The second kappa shape index (κ2) is 8.36. The number of fused-ring (bicyclic) bond motifs is 1. The van der Waals surface area contributed by atoms with E-state index < -0.39 is 0 Å². The van der Waals surface area contributed by atoms with Gasteiger partial charge in [-0.2, -0.15) is 0 Å². The van der Waals surface area contributed by atoms with E-state index in [-0.39, 0.29) is 11.2 Å². The van der Waals surface area contributed by atoms with Crippen LogP contribution in [0.4, 0.5) is 5.69 Å². The van der Waals surface area contributed by atoms with Crippen molar-refractivity contribution in [1.82, 2.24) is 0 Å². The summed E-state index contributed by atoms with van der Waals surface area (Å²) in [5.41, 5.74) is 1.74. The van der Waals surface area contributed by atoms with E-state index in [0.717, 1.165) is 28.4 Å². The van der Waals surface area contributed by atoms with E-state index in [1.165, 1.54) is 11.8 Å². The molecule has 0 aromatic heterocycles. The third-order valence-electron chi connectivity index (χ3n) is 4.01. The molecule has 0 unspecified atom stereocenters. The number of methoxy groups -OCH3 is 1. The Morgan fingerprint density at radius 1 is 1.15 bits per heavy atom. The van der Waals surface area contributed by atoms with Gasteiger partial charge in [-0.15, -0.1) is 11.8 Å². The van der Waals surface area contributed by atoms with E-state index in [1.807, 2.05) is 50.2 Å². The first-order valence-corrected chi connectivity index (χ1v) is 9.46. The average Bonchev–Trinajstić information content (AvgIpc) is 2.86. The summed E-state index contributed by atoms with van der Waals surface area (Å²) in [6.07, 6.45) is 0.869. The number of hydrogen-bond acceptors (Lipinski definition) is 5. The van der Waals surface area contributed by atoms with Gasteiger partial charge < -0.3 is 19.5 Å². The second-order valence-electron chi connectivity index (χ2n) is 6.11. The minimum atomic E-state index is -0.273. The fraction of sp³-hybridized carbons (Fsp3) is 0.350. The lowest BCUT2D eigenvalue weighted by Crippen LogP contribution is -2.22. The normalized spacial score (nSPS) is 14.3. The van der Waals surface area contributed by atoms with Gasteiger partial charge in [-0.1, -0.05) is 6.07 Å². The highest BCUT2D eigenvalue weighted by atomic mass is 32.2. The Bertz CT molecular complexity index is 793. The number of amides is 1. The van der Waals surface area contributed by atoms with Crippen LogP contribution in [0.25, 0.3) is 0 Å². The standard InChI is InChI=1S/C20H23NO4S/c1-13-5-7-17(23-3)16(11-13)21-20(22)14(2)26-15-6-8-18-19(12-15)25-10-4-9-24-18/h5-8,11-12,14H,4,9-10H2,1-3H3,(H,21,22)/t14-/m1/s1. The summed E-state index contributed by atoms with van der Waals surface area (Å²) in [4.78, 5) is 13.6. The summed E-state index contributed by atoms with van der Waals surface area (Å²) in [7, 11) is 1.59. The smallest absolute Gasteiger partial charge is 0.237 e. The molecule has 1 amide bonds. The first-order chi connectivity index (χ1) is 12.6. The van der Waals surface area contributed by atoms with E-state index in [9.17, 15) is 4.79 Å². The van der Waals surface area contributed by atoms with Gasteiger partial charge in [0.25, 0.3) is 0 Å². The van der Waals surface area contributed by atoms with Gasteiger partial charge in [0.2, 0.25) is 5.91 Å². The van der Waals surface area contributed by atoms with Crippen LogP contribution in [0, 0.1) is 6.92 Å². The van der Waals surface area contributed by atoms with Gasteiger partial charge >= 0.3 is 0 Å². The van der Waals surface area contributed by atoms with Crippen LogP contribution in [0.1, 0.15) is 18.9 Å². The Balaban J connectivity index is 1.68. The number of nitrogens with one attached hydrogen (secondary N) is 1. The molecule has 1 aliphatic rings. The molecule has 1 heterocycles. The molecule has 0 saturated heterocycles. The topological polar surface area (TPSA) is 56.8 Å². The maximum Gasteiger partial charge on any atom is 0.237 e. The number of anilines is 1. The van der Waals surface area contributed by atoms with Crippen molar-refractivity contribution in [2.45, 2.75) is 30.4 Å². The van der Waals surface area contributed by atoms with Gasteiger partial charge in [0.15, 0.2) is 11.5 Å². The zero-order chi connectivity index (χ0) is 18.5. The Morgan fingerprint density at radius 3 is 2.69 bits per heavy atom. The highest BCUT2D eigenvalue weighted by molar-refractivity contribution is 8.00. The molecule has 2 aromatic carbocycles. The number of carbonyl (C=O) groups is 1. The van der Waals surface area contributed by atoms with Gasteiger partial charge in [-0.3, -0.25) is 4.79 Å². The molecule has 1 N–H and O–H groups in total. The monoisotopic (exact) mass is 373 g/mol. The Hall–Kier alpha value is -2.34. The minimum Gasteiger partial charge on any atom is -0.495 e. The van der Waals surface area contributed by atoms with Gasteiger partial charge in [0.05, 0.1) is 31.3 Å². The summed E-state index contributed by atoms with van der Waals surface area (Å²) in [5, 5.41) is 2.68. The number of rotatable bonds is 5. The van der Waals surface area contributed by atoms with Crippen LogP contribution in [-0.2, 0) is 4.79 Å². The molecular weight excluding hydrogens is 350 g/mol. The second-order valence-corrected chi connectivity index (χ2v) is 7.53. The number of hydrogen-bond donors (Lipinski definition) is 1. The van der Waals surface area contributed by atoms with Crippen LogP contribution in [0.5, 0.6) is 17.2 Å². The van der Waals surface area contributed by atoms with Crippen molar-refractivity contribution in [3.63, 3.8) is 0 Å². The van der Waals surface area contributed by atoms with Crippen LogP contribution >= 0.6 is 11.8 Å². The third-order valence-corrected chi connectivity index (χ3v) is 5.11. The van der Waals surface area contributed by atoms with E-state index in [0.29, 0.717) is 24.7 Å². The Labute approximate surface area is 158 Å². The number of thioether (sulfide) groups is 1. The van der Waals surface area contributed by atoms with Crippen molar-refractivity contribution in [1.29, 1.82) is 0 Å². The van der Waals surface area contributed by atoms with Crippen molar-refractivity contribution < 1.29 is 19.0 Å². The molecule has 0 saturated carbocycles. The predicted molar refractivity (Wildman–Crippen MR) is 104 cm³/mol. The first kappa shape index (κ1) is 18.5. The SMILES string of the molecule is COc1ccc(C)cc1NC(=O)[C@@H](C)Sc1ccc2c(c1)OCCCO2.